The van der Waals surface area contributed by atoms with E-state index in [9.17, 15) is 14.4 Å². The molecule has 2 aliphatic rings. The molecule has 2 fully saturated rings. The number of aromatic amines is 1. The minimum absolute atomic E-state index is 0.00859. The Morgan fingerprint density at radius 1 is 1.08 bits per heavy atom. The van der Waals surface area contributed by atoms with Crippen molar-refractivity contribution in [2.24, 2.45) is 13.0 Å². The minimum atomic E-state index is -0.316. The number of benzene rings is 2. The number of H-pyrrole nitrogens is 1. The highest BCUT2D eigenvalue weighted by molar-refractivity contribution is 6.00. The summed E-state index contributed by atoms with van der Waals surface area (Å²) in [7, 11) is 1.71. The number of rotatable bonds is 4. The van der Waals surface area contributed by atoms with Gasteiger partial charge in [0.1, 0.15) is 0 Å². The summed E-state index contributed by atoms with van der Waals surface area (Å²) in [6.07, 6.45) is 1.70. The van der Waals surface area contributed by atoms with Crippen molar-refractivity contribution in [3.05, 3.63) is 64.9 Å². The molecule has 10 nitrogen and oxygen atoms in total. The molecule has 2 aromatic carbocycles. The number of imidazole rings is 1. The van der Waals surface area contributed by atoms with E-state index in [1.165, 1.54) is 0 Å². The zero-order valence-corrected chi connectivity index (χ0v) is 19.9. The smallest absolute Gasteiger partial charge is 0.326 e. The molecule has 6 rings (SSSR count). The van der Waals surface area contributed by atoms with E-state index in [0.717, 1.165) is 35.1 Å². The number of aromatic nitrogens is 4. The molecule has 184 valence electrons. The number of nitrogens with one attached hydrogen (secondary N) is 1. The molecule has 36 heavy (non-hydrogen) atoms. The van der Waals surface area contributed by atoms with Gasteiger partial charge in [-0.15, -0.1) is 0 Å². The van der Waals surface area contributed by atoms with Crippen molar-refractivity contribution in [1.29, 1.82) is 0 Å². The van der Waals surface area contributed by atoms with E-state index in [4.69, 9.17) is 4.52 Å². The lowest BCUT2D eigenvalue weighted by molar-refractivity contribution is -0.136. The van der Waals surface area contributed by atoms with Crippen LogP contribution in [0.15, 0.2) is 57.8 Å². The minimum Gasteiger partial charge on any atom is -0.342 e. The number of carbonyl (C=O) groups is 2. The maximum absolute atomic E-state index is 13.2. The second-order valence-electron chi connectivity index (χ2n) is 9.52. The number of amides is 2. The molecular weight excluding hydrogens is 460 g/mol. The molecule has 2 aliphatic heterocycles. The fourth-order valence-electron chi connectivity index (χ4n) is 5.22. The van der Waals surface area contributed by atoms with Gasteiger partial charge in [-0.2, -0.15) is 4.98 Å². The highest BCUT2D eigenvalue weighted by atomic mass is 16.5. The zero-order valence-electron chi connectivity index (χ0n) is 19.9. The average molecular weight is 487 g/mol. The molecular formula is C26H26N6O4. The lowest BCUT2D eigenvalue weighted by Crippen LogP contribution is -2.42. The third-order valence-electron chi connectivity index (χ3n) is 7.30. The normalized spacial score (nSPS) is 18.9. The highest BCUT2D eigenvalue weighted by Gasteiger charge is 2.38. The maximum Gasteiger partial charge on any atom is 0.326 e. The van der Waals surface area contributed by atoms with Gasteiger partial charge in [0.2, 0.25) is 23.5 Å². The van der Waals surface area contributed by atoms with Crippen LogP contribution in [0.25, 0.3) is 22.4 Å². The summed E-state index contributed by atoms with van der Waals surface area (Å²) in [6.45, 7) is 1.61. The van der Waals surface area contributed by atoms with E-state index in [0.29, 0.717) is 31.3 Å². The Kier molecular flexibility index (Phi) is 5.43. The summed E-state index contributed by atoms with van der Waals surface area (Å²) in [4.78, 5) is 48.5. The summed E-state index contributed by atoms with van der Waals surface area (Å²) >= 11 is 0. The second kappa shape index (κ2) is 8.78. The molecule has 0 bridgehead atoms. The van der Waals surface area contributed by atoms with Gasteiger partial charge >= 0.3 is 5.69 Å². The Hall–Kier alpha value is -4.21. The van der Waals surface area contributed by atoms with Crippen LogP contribution in [0.3, 0.4) is 0 Å². The maximum atomic E-state index is 13.2. The Labute approximate surface area is 206 Å². The molecule has 0 spiro atoms. The van der Waals surface area contributed by atoms with Gasteiger partial charge in [-0.05, 0) is 43.2 Å². The third-order valence-corrected chi connectivity index (χ3v) is 7.30. The molecule has 2 amide bonds. The van der Waals surface area contributed by atoms with Crippen molar-refractivity contribution in [2.45, 2.75) is 25.2 Å². The van der Waals surface area contributed by atoms with Crippen molar-refractivity contribution in [3.8, 4) is 11.4 Å². The van der Waals surface area contributed by atoms with Crippen LogP contribution >= 0.6 is 0 Å². The van der Waals surface area contributed by atoms with Crippen LogP contribution in [0.2, 0.25) is 0 Å². The van der Waals surface area contributed by atoms with Crippen molar-refractivity contribution in [2.75, 3.05) is 24.5 Å². The molecule has 1 unspecified atom stereocenters. The van der Waals surface area contributed by atoms with E-state index in [2.05, 4.69) is 15.1 Å². The molecule has 0 saturated carbocycles. The Balaban J connectivity index is 1.10. The lowest BCUT2D eigenvalue weighted by Gasteiger charge is -2.32. The van der Waals surface area contributed by atoms with E-state index in [1.54, 1.807) is 16.5 Å². The third kappa shape index (κ3) is 3.88. The summed E-state index contributed by atoms with van der Waals surface area (Å²) in [5.41, 5.74) is 2.96. The fraction of sp³-hybridized carbons (Fsp3) is 0.346. The summed E-state index contributed by atoms with van der Waals surface area (Å²) in [5.74, 6) is 0.823. The summed E-state index contributed by atoms with van der Waals surface area (Å²) in [5, 5.41) is 4.16. The van der Waals surface area contributed by atoms with Crippen LogP contribution in [-0.4, -0.2) is 56.0 Å². The molecule has 1 atom stereocenters. The number of anilines is 1. The predicted octanol–water partition coefficient (Wildman–Crippen LogP) is 2.68. The van der Waals surface area contributed by atoms with Gasteiger partial charge < -0.3 is 19.3 Å². The topological polar surface area (TPSA) is 117 Å². The largest absolute Gasteiger partial charge is 0.342 e. The number of carbonyl (C=O) groups excluding carboxylic acids is 2. The van der Waals surface area contributed by atoms with Crippen molar-refractivity contribution < 1.29 is 14.1 Å². The van der Waals surface area contributed by atoms with E-state index in [1.807, 2.05) is 53.4 Å². The van der Waals surface area contributed by atoms with Crippen LogP contribution in [0.1, 0.15) is 31.1 Å². The molecule has 0 aliphatic carbocycles. The first kappa shape index (κ1) is 22.3. The molecule has 10 heteroatoms. The lowest BCUT2D eigenvalue weighted by atomic mass is 9.95. The van der Waals surface area contributed by atoms with Crippen LogP contribution in [-0.2, 0) is 16.6 Å². The molecule has 0 radical (unpaired) electrons. The number of hydrogen-bond donors (Lipinski definition) is 1. The molecule has 1 N–H and O–H groups in total. The van der Waals surface area contributed by atoms with Crippen LogP contribution in [0.4, 0.5) is 5.69 Å². The van der Waals surface area contributed by atoms with Crippen LogP contribution in [0, 0.1) is 5.92 Å². The summed E-state index contributed by atoms with van der Waals surface area (Å²) in [6, 6.07) is 15.0. The first-order valence-electron chi connectivity index (χ1n) is 12.1. The SMILES string of the molecule is Cn1c(=O)[nH]c2ccc(-c3noc(C4CCN(C(=O)C5CC(=O)N(c6ccccc6)C5)CC4)n3)cc21. The van der Waals surface area contributed by atoms with Gasteiger partial charge in [0.15, 0.2) is 0 Å². The highest BCUT2D eigenvalue weighted by Crippen LogP contribution is 2.32. The molecule has 2 aromatic heterocycles. The quantitative estimate of drug-likeness (QED) is 0.474. The van der Waals surface area contributed by atoms with E-state index >= 15 is 0 Å². The van der Waals surface area contributed by atoms with E-state index in [-0.39, 0.29) is 35.8 Å². The number of hydrogen-bond acceptors (Lipinski definition) is 6. The average Bonchev–Trinajstić information content (AvgIpc) is 3.62. The van der Waals surface area contributed by atoms with Gasteiger partial charge in [0, 0.05) is 50.3 Å². The number of likely N-dealkylation sites (tertiary alicyclic amines) is 1. The van der Waals surface area contributed by atoms with Crippen molar-refractivity contribution in [1.82, 2.24) is 24.6 Å². The number of piperidine rings is 1. The Bertz CT molecular complexity index is 1500. The first-order valence-corrected chi connectivity index (χ1v) is 12.1. The monoisotopic (exact) mass is 486 g/mol. The number of nitrogens with zero attached hydrogens (tertiary/aromatic N) is 5. The molecule has 4 heterocycles. The van der Waals surface area contributed by atoms with Gasteiger partial charge in [-0.1, -0.05) is 23.4 Å². The van der Waals surface area contributed by atoms with Crippen molar-refractivity contribution in [3.63, 3.8) is 0 Å². The predicted molar refractivity (Wildman–Crippen MR) is 132 cm³/mol. The van der Waals surface area contributed by atoms with E-state index < -0.39 is 0 Å². The number of para-hydroxylation sites is 1. The van der Waals surface area contributed by atoms with Gasteiger partial charge in [0.25, 0.3) is 0 Å². The molecule has 2 saturated heterocycles. The standard InChI is InChI=1S/C26H26N6O4/c1-30-21-13-17(7-8-20(21)27-26(30)35)23-28-24(36-29-23)16-9-11-31(12-10-16)25(34)18-14-22(33)32(15-18)19-5-3-2-4-6-19/h2-8,13,16,18H,9-12,14-15H2,1H3,(H,27,35). The van der Waals surface area contributed by atoms with Crippen LogP contribution < -0.4 is 10.6 Å². The number of fused-ring (bicyclic) bond motifs is 1. The zero-order chi connectivity index (χ0) is 24.8. The van der Waals surface area contributed by atoms with Crippen LogP contribution in [0.5, 0.6) is 0 Å². The fourth-order valence-corrected chi connectivity index (χ4v) is 5.22. The second-order valence-corrected chi connectivity index (χ2v) is 9.52. The first-order chi connectivity index (χ1) is 17.5. The summed E-state index contributed by atoms with van der Waals surface area (Å²) < 4.78 is 7.13. The van der Waals surface area contributed by atoms with Gasteiger partial charge in [-0.25, -0.2) is 4.79 Å². The Morgan fingerprint density at radius 2 is 1.86 bits per heavy atom. The van der Waals surface area contributed by atoms with Gasteiger partial charge in [-0.3, -0.25) is 14.2 Å². The van der Waals surface area contributed by atoms with Gasteiger partial charge in [0.05, 0.1) is 17.0 Å². The number of aryl methyl sites for hydroxylation is 1. The molecule has 4 aromatic rings. The Morgan fingerprint density at radius 3 is 2.64 bits per heavy atom. The van der Waals surface area contributed by atoms with Crippen molar-refractivity contribution >= 4 is 28.5 Å².